The lowest BCUT2D eigenvalue weighted by atomic mass is 9.92. The van der Waals surface area contributed by atoms with Crippen molar-refractivity contribution < 1.29 is 23.5 Å². The smallest absolute Gasteiger partial charge is 0.220 e. The first-order valence-electron chi connectivity index (χ1n) is 11.6. The predicted octanol–water partition coefficient (Wildman–Crippen LogP) is 5.55. The second kappa shape index (κ2) is 8.30. The number of imidazole rings is 1. The van der Waals surface area contributed by atoms with Gasteiger partial charge in [-0.1, -0.05) is 6.07 Å². The average molecular weight is 481 g/mol. The summed E-state index contributed by atoms with van der Waals surface area (Å²) in [7, 11) is 8.70. The van der Waals surface area contributed by atoms with E-state index in [0.717, 1.165) is 54.6 Å². The molecule has 6 rings (SSSR count). The van der Waals surface area contributed by atoms with Crippen molar-refractivity contribution in [3.05, 3.63) is 61.1 Å². The molecule has 180 valence electrons. The molecule has 4 aromatic carbocycles. The Bertz CT molecular complexity index is 1810. The van der Waals surface area contributed by atoms with Crippen LogP contribution in [0.3, 0.4) is 0 Å². The largest absolute Gasteiger partial charge is 0.493 e. The number of ether oxygens (including phenoxy) is 4. The van der Waals surface area contributed by atoms with Crippen LogP contribution in [0.25, 0.3) is 54.6 Å². The van der Waals surface area contributed by atoms with Crippen molar-refractivity contribution in [2.75, 3.05) is 28.4 Å². The number of nitrogens with one attached hydrogen (secondary N) is 1. The molecule has 2 aromatic heterocycles. The Morgan fingerprint density at radius 3 is 2.14 bits per heavy atom. The normalized spacial score (nSPS) is 11.5. The Labute approximate surface area is 207 Å². The van der Waals surface area contributed by atoms with E-state index in [1.54, 1.807) is 34.8 Å². The molecule has 0 unspecified atom stereocenters. The zero-order valence-corrected chi connectivity index (χ0v) is 20.8. The zero-order valence-electron chi connectivity index (χ0n) is 20.8. The summed E-state index contributed by atoms with van der Waals surface area (Å²) in [5, 5.41) is 5.26. The number of H-pyrrole nitrogens is 1. The van der Waals surface area contributed by atoms with Crippen molar-refractivity contribution in [1.29, 1.82) is 0 Å². The minimum absolute atomic E-state index is 0.680. The molecule has 0 fully saturated rings. The molecule has 6 aromatic rings. The number of pyridine rings is 1. The van der Waals surface area contributed by atoms with E-state index in [1.165, 1.54) is 0 Å². The number of aryl methyl sites for hydroxylation is 1. The lowest BCUT2D eigenvalue weighted by Gasteiger charge is -2.16. The van der Waals surface area contributed by atoms with Crippen LogP contribution >= 0.6 is 0 Å². The molecule has 0 bridgehead atoms. The van der Waals surface area contributed by atoms with Gasteiger partial charge in [0.15, 0.2) is 29.2 Å². The molecule has 0 aliphatic rings. The summed E-state index contributed by atoms with van der Waals surface area (Å²) in [5.74, 6) is 2.77. The molecule has 0 saturated carbocycles. The minimum atomic E-state index is 0.680. The van der Waals surface area contributed by atoms with Gasteiger partial charge in [0.25, 0.3) is 0 Å². The van der Waals surface area contributed by atoms with Gasteiger partial charge in [0, 0.05) is 10.8 Å². The van der Waals surface area contributed by atoms with Gasteiger partial charge in [0.2, 0.25) is 5.52 Å². The molecule has 0 saturated heterocycles. The molecular weight excluding hydrogens is 454 g/mol. The molecule has 2 heterocycles. The van der Waals surface area contributed by atoms with E-state index >= 15 is 0 Å². The molecule has 0 radical (unpaired) electrons. The van der Waals surface area contributed by atoms with E-state index in [-0.39, 0.29) is 0 Å². The Morgan fingerprint density at radius 1 is 0.694 bits per heavy atom. The number of hydrogen-bond donors (Lipinski definition) is 1. The number of aromatic nitrogens is 3. The van der Waals surface area contributed by atoms with Crippen LogP contribution in [0.5, 0.6) is 23.0 Å². The van der Waals surface area contributed by atoms with Gasteiger partial charge in [0.05, 0.1) is 62.0 Å². The first-order valence-corrected chi connectivity index (χ1v) is 11.6. The number of nitrogens with zero attached hydrogens (tertiary/aromatic N) is 2. The fraction of sp³-hybridized carbons (Fsp3) is 0.172. The summed E-state index contributed by atoms with van der Waals surface area (Å²) in [6.07, 6.45) is 3.81. The van der Waals surface area contributed by atoms with Gasteiger partial charge in [0.1, 0.15) is 7.05 Å². The highest BCUT2D eigenvalue weighted by Gasteiger charge is 2.23. The third-order valence-electron chi connectivity index (χ3n) is 6.89. The van der Waals surface area contributed by atoms with Gasteiger partial charge >= 0.3 is 0 Å². The number of methoxy groups -OCH3 is 4. The van der Waals surface area contributed by atoms with Crippen LogP contribution < -0.4 is 23.5 Å². The topological polar surface area (TPSA) is 69.5 Å². The van der Waals surface area contributed by atoms with E-state index in [2.05, 4.69) is 57.1 Å². The van der Waals surface area contributed by atoms with Gasteiger partial charge in [-0.2, -0.15) is 4.57 Å². The summed E-state index contributed by atoms with van der Waals surface area (Å²) in [5.41, 5.74) is 5.15. The summed E-state index contributed by atoms with van der Waals surface area (Å²) >= 11 is 0. The highest BCUT2D eigenvalue weighted by molar-refractivity contribution is 6.19. The standard InChI is InChI=1S/C29H26N3O4/c1-32-14-22-17(7-9-25(33-2)29(22)36-5)20-11-18(16-6-8-23-24(10-16)31-15-30-23)19-12-26(34-3)27(35-4)13-21(19)28(20)32/h6-15H,1-5H3,(H,30,31)/q+1. The molecule has 36 heavy (non-hydrogen) atoms. The first kappa shape index (κ1) is 22.0. The lowest BCUT2D eigenvalue weighted by molar-refractivity contribution is -0.642. The van der Waals surface area contributed by atoms with Crippen molar-refractivity contribution in [3.8, 4) is 34.1 Å². The molecule has 7 nitrogen and oxygen atoms in total. The maximum atomic E-state index is 5.78. The first-order chi connectivity index (χ1) is 17.6. The number of rotatable bonds is 5. The van der Waals surface area contributed by atoms with Gasteiger partial charge in [-0.05, 0) is 53.6 Å². The molecular formula is C29H26N3O4+. The number of benzene rings is 4. The van der Waals surface area contributed by atoms with Gasteiger partial charge in [-0.15, -0.1) is 0 Å². The molecule has 1 N–H and O–H groups in total. The Kier molecular flexibility index (Phi) is 5.07. The number of hydrogen-bond acceptors (Lipinski definition) is 5. The molecule has 0 spiro atoms. The van der Waals surface area contributed by atoms with Gasteiger partial charge in [-0.25, -0.2) is 4.98 Å². The highest BCUT2D eigenvalue weighted by Crippen LogP contribution is 2.44. The quantitative estimate of drug-likeness (QED) is 0.259. The summed E-state index contributed by atoms with van der Waals surface area (Å²) < 4.78 is 24.9. The monoisotopic (exact) mass is 480 g/mol. The average Bonchev–Trinajstić information content (AvgIpc) is 3.38. The van der Waals surface area contributed by atoms with Crippen molar-refractivity contribution in [3.63, 3.8) is 0 Å². The molecule has 7 heteroatoms. The van der Waals surface area contributed by atoms with Crippen LogP contribution in [0.15, 0.2) is 61.1 Å². The highest BCUT2D eigenvalue weighted by atomic mass is 16.5. The third kappa shape index (κ3) is 3.12. The van der Waals surface area contributed by atoms with E-state index in [9.17, 15) is 0 Å². The second-order valence-corrected chi connectivity index (χ2v) is 8.71. The van der Waals surface area contributed by atoms with Crippen LogP contribution in [0.1, 0.15) is 0 Å². The van der Waals surface area contributed by atoms with Crippen LogP contribution in [-0.4, -0.2) is 38.4 Å². The molecule has 0 amide bonds. The summed E-state index contributed by atoms with van der Waals surface area (Å²) in [6, 6.07) is 16.7. The van der Waals surface area contributed by atoms with E-state index in [0.29, 0.717) is 23.0 Å². The van der Waals surface area contributed by atoms with Gasteiger partial charge in [-0.3, -0.25) is 0 Å². The summed E-state index contributed by atoms with van der Waals surface area (Å²) in [4.78, 5) is 7.61. The third-order valence-corrected chi connectivity index (χ3v) is 6.89. The Morgan fingerprint density at radius 2 is 1.42 bits per heavy atom. The molecule has 0 aliphatic heterocycles. The molecule has 0 aliphatic carbocycles. The maximum Gasteiger partial charge on any atom is 0.220 e. The SMILES string of the molecule is COc1cc2c(-c3ccc4nc[nH]c4c3)cc3c4ccc(OC)c(OC)c4c[n+](C)c3c2cc1OC. The number of fused-ring (bicyclic) bond motifs is 6. The van der Waals surface area contributed by atoms with E-state index < -0.39 is 0 Å². The Hall–Kier alpha value is -4.52. The predicted molar refractivity (Wildman–Crippen MR) is 141 cm³/mol. The van der Waals surface area contributed by atoms with Crippen molar-refractivity contribution in [2.45, 2.75) is 0 Å². The van der Waals surface area contributed by atoms with Crippen molar-refractivity contribution in [1.82, 2.24) is 9.97 Å². The van der Waals surface area contributed by atoms with Crippen molar-refractivity contribution in [2.24, 2.45) is 7.05 Å². The zero-order chi connectivity index (χ0) is 25.0. The van der Waals surface area contributed by atoms with E-state index in [4.69, 9.17) is 18.9 Å². The lowest BCUT2D eigenvalue weighted by Crippen LogP contribution is -2.28. The van der Waals surface area contributed by atoms with Crippen LogP contribution in [-0.2, 0) is 7.05 Å². The Balaban J connectivity index is 1.82. The minimum Gasteiger partial charge on any atom is -0.493 e. The summed E-state index contributed by atoms with van der Waals surface area (Å²) in [6.45, 7) is 0. The maximum absolute atomic E-state index is 5.78. The van der Waals surface area contributed by atoms with Crippen molar-refractivity contribution >= 4 is 43.5 Å². The van der Waals surface area contributed by atoms with Crippen LogP contribution in [0, 0.1) is 0 Å². The fourth-order valence-electron chi connectivity index (χ4n) is 5.23. The van der Waals surface area contributed by atoms with Gasteiger partial charge < -0.3 is 23.9 Å². The fourth-order valence-corrected chi connectivity index (χ4v) is 5.23. The second-order valence-electron chi connectivity index (χ2n) is 8.71. The molecule has 0 atom stereocenters. The van der Waals surface area contributed by atoms with Crippen LogP contribution in [0.2, 0.25) is 0 Å². The van der Waals surface area contributed by atoms with E-state index in [1.807, 2.05) is 19.2 Å². The number of aromatic amines is 1. The van der Waals surface area contributed by atoms with Crippen LogP contribution in [0.4, 0.5) is 0 Å².